The molecule has 1 saturated carbocycles. The van der Waals surface area contributed by atoms with Gasteiger partial charge in [-0.15, -0.1) is 0 Å². The summed E-state index contributed by atoms with van der Waals surface area (Å²) in [6, 6.07) is 3.33. The van der Waals surface area contributed by atoms with Gasteiger partial charge >= 0.3 is 0 Å². The number of rotatable bonds is 1. The lowest BCUT2D eigenvalue weighted by molar-refractivity contribution is -0.0763. The molecule has 0 heterocycles. The van der Waals surface area contributed by atoms with Crippen LogP contribution in [0.1, 0.15) is 25.3 Å². The van der Waals surface area contributed by atoms with Crippen molar-refractivity contribution in [1.82, 2.24) is 0 Å². The molecule has 1 nitrogen and oxygen atoms in total. The van der Waals surface area contributed by atoms with Crippen LogP contribution in [-0.4, -0.2) is 5.11 Å². The van der Waals surface area contributed by atoms with Crippen LogP contribution in [0.5, 0.6) is 0 Å². The van der Waals surface area contributed by atoms with Crippen LogP contribution in [0.4, 0.5) is 8.78 Å². The van der Waals surface area contributed by atoms with Crippen LogP contribution in [0.3, 0.4) is 0 Å². The van der Waals surface area contributed by atoms with E-state index in [4.69, 9.17) is 0 Å². The van der Waals surface area contributed by atoms with E-state index in [1.807, 2.05) is 6.92 Å². The summed E-state index contributed by atoms with van der Waals surface area (Å²) >= 11 is 0. The molecule has 76 valence electrons. The lowest BCUT2D eigenvalue weighted by atomic mass is 9.68. The fourth-order valence-electron chi connectivity index (χ4n) is 2.18. The Bertz CT molecular complexity index is 356. The molecule has 0 saturated heterocycles. The first-order valence-electron chi connectivity index (χ1n) is 4.69. The molecule has 14 heavy (non-hydrogen) atoms. The molecule has 0 amide bonds. The molecular formula is C11H12F2O. The van der Waals surface area contributed by atoms with E-state index in [2.05, 4.69) is 0 Å². The molecule has 1 N–H and O–H groups in total. The highest BCUT2D eigenvalue weighted by atomic mass is 19.1. The van der Waals surface area contributed by atoms with Crippen molar-refractivity contribution in [3.63, 3.8) is 0 Å². The second kappa shape index (κ2) is 3.02. The highest BCUT2D eigenvalue weighted by Crippen LogP contribution is 2.45. The first kappa shape index (κ1) is 9.59. The number of halogens is 2. The minimum atomic E-state index is -1.07. The average molecular weight is 198 g/mol. The molecule has 0 aromatic heterocycles. The molecule has 3 heteroatoms. The number of benzene rings is 1. The molecule has 1 aliphatic rings. The van der Waals surface area contributed by atoms with Gasteiger partial charge in [-0.05, 0) is 24.8 Å². The average Bonchev–Trinajstić information content (AvgIpc) is 2.00. The van der Waals surface area contributed by atoms with Crippen LogP contribution in [0.15, 0.2) is 18.2 Å². The van der Waals surface area contributed by atoms with Gasteiger partial charge in [0.1, 0.15) is 11.6 Å². The Labute approximate surface area is 81.4 Å². The second-order valence-electron chi connectivity index (χ2n) is 4.17. The molecule has 1 aromatic rings. The molecular weight excluding hydrogens is 186 g/mol. The molecule has 0 unspecified atom stereocenters. The Morgan fingerprint density at radius 1 is 1.36 bits per heavy atom. The minimum absolute atomic E-state index is 0.219. The Kier molecular flexibility index (Phi) is 2.07. The third-order valence-corrected chi connectivity index (χ3v) is 2.80. The third kappa shape index (κ3) is 1.42. The van der Waals surface area contributed by atoms with Crippen molar-refractivity contribution in [2.24, 2.45) is 5.92 Å². The Morgan fingerprint density at radius 2 is 2.00 bits per heavy atom. The molecule has 0 bridgehead atoms. The van der Waals surface area contributed by atoms with E-state index in [0.29, 0.717) is 18.8 Å². The van der Waals surface area contributed by atoms with Gasteiger partial charge in [-0.25, -0.2) is 8.78 Å². The molecule has 0 atom stereocenters. The zero-order valence-electron chi connectivity index (χ0n) is 7.93. The molecule has 1 aliphatic carbocycles. The first-order valence-corrected chi connectivity index (χ1v) is 4.69. The smallest absolute Gasteiger partial charge is 0.132 e. The van der Waals surface area contributed by atoms with Crippen LogP contribution < -0.4 is 0 Å². The van der Waals surface area contributed by atoms with Gasteiger partial charge < -0.3 is 5.11 Å². The topological polar surface area (TPSA) is 20.2 Å². The van der Waals surface area contributed by atoms with Crippen molar-refractivity contribution in [3.05, 3.63) is 35.4 Å². The van der Waals surface area contributed by atoms with Gasteiger partial charge in [-0.2, -0.15) is 0 Å². The van der Waals surface area contributed by atoms with Gasteiger partial charge in [0, 0.05) is 11.6 Å². The second-order valence-corrected chi connectivity index (χ2v) is 4.17. The predicted octanol–water partition coefficient (Wildman–Crippen LogP) is 2.58. The molecule has 0 spiro atoms. The fraction of sp³-hybridized carbons (Fsp3) is 0.455. The maximum atomic E-state index is 13.3. The third-order valence-electron chi connectivity index (χ3n) is 2.80. The summed E-state index contributed by atoms with van der Waals surface area (Å²) in [6.45, 7) is 2.00. The summed E-state index contributed by atoms with van der Waals surface area (Å²) in [5.74, 6) is -0.855. The van der Waals surface area contributed by atoms with Crippen molar-refractivity contribution in [3.8, 4) is 0 Å². The number of hydrogen-bond acceptors (Lipinski definition) is 1. The quantitative estimate of drug-likeness (QED) is 0.735. The molecule has 0 aliphatic heterocycles. The molecule has 1 fully saturated rings. The van der Waals surface area contributed by atoms with Crippen molar-refractivity contribution in [1.29, 1.82) is 0 Å². The monoisotopic (exact) mass is 198 g/mol. The SMILES string of the molecule is CC1CC(O)(c2ccc(F)cc2F)C1. The van der Waals surface area contributed by atoms with Crippen molar-refractivity contribution in [2.45, 2.75) is 25.4 Å². The highest BCUT2D eigenvalue weighted by molar-refractivity contribution is 5.27. The number of aliphatic hydroxyl groups is 1. The summed E-state index contributed by atoms with van der Waals surface area (Å²) in [5.41, 5.74) is -0.853. The van der Waals surface area contributed by atoms with Crippen LogP contribution >= 0.6 is 0 Å². The standard InChI is InChI=1S/C11H12F2O/c1-7-5-11(14,6-7)9-3-2-8(12)4-10(9)13/h2-4,7,14H,5-6H2,1H3. The predicted molar refractivity (Wildman–Crippen MR) is 48.7 cm³/mol. The van der Waals surface area contributed by atoms with E-state index < -0.39 is 17.2 Å². The Hall–Kier alpha value is -0.960. The van der Waals surface area contributed by atoms with Crippen molar-refractivity contribution in [2.75, 3.05) is 0 Å². The van der Waals surface area contributed by atoms with Gasteiger partial charge in [0.25, 0.3) is 0 Å². The van der Waals surface area contributed by atoms with Gasteiger partial charge in [-0.3, -0.25) is 0 Å². The van der Waals surface area contributed by atoms with E-state index in [-0.39, 0.29) is 5.56 Å². The lowest BCUT2D eigenvalue weighted by Gasteiger charge is -2.42. The van der Waals surface area contributed by atoms with Crippen LogP contribution in [0.25, 0.3) is 0 Å². The zero-order chi connectivity index (χ0) is 10.3. The summed E-state index contributed by atoms with van der Waals surface area (Å²) in [7, 11) is 0. The van der Waals surface area contributed by atoms with Crippen LogP contribution in [-0.2, 0) is 5.60 Å². The van der Waals surface area contributed by atoms with Crippen LogP contribution in [0, 0.1) is 17.6 Å². The van der Waals surface area contributed by atoms with Gasteiger partial charge in [0.2, 0.25) is 0 Å². The maximum Gasteiger partial charge on any atom is 0.132 e. The van der Waals surface area contributed by atoms with E-state index >= 15 is 0 Å². The van der Waals surface area contributed by atoms with Crippen LogP contribution in [0.2, 0.25) is 0 Å². The molecule has 1 aromatic carbocycles. The minimum Gasteiger partial charge on any atom is -0.385 e. The van der Waals surface area contributed by atoms with Gasteiger partial charge in [0.15, 0.2) is 0 Å². The van der Waals surface area contributed by atoms with E-state index in [1.165, 1.54) is 12.1 Å². The fourth-order valence-corrected chi connectivity index (χ4v) is 2.18. The summed E-state index contributed by atoms with van der Waals surface area (Å²) in [5, 5.41) is 9.96. The van der Waals surface area contributed by atoms with Crippen molar-refractivity contribution < 1.29 is 13.9 Å². The van der Waals surface area contributed by atoms with Gasteiger partial charge in [0.05, 0.1) is 5.60 Å². The van der Waals surface area contributed by atoms with E-state index in [0.717, 1.165) is 6.07 Å². The Balaban J connectivity index is 2.33. The Morgan fingerprint density at radius 3 is 2.50 bits per heavy atom. The summed E-state index contributed by atoms with van der Waals surface area (Å²) in [6.07, 6.45) is 1.10. The normalized spacial score (nSPS) is 31.3. The highest BCUT2D eigenvalue weighted by Gasteiger charge is 2.43. The number of hydrogen-bond donors (Lipinski definition) is 1. The lowest BCUT2D eigenvalue weighted by Crippen LogP contribution is -2.40. The van der Waals surface area contributed by atoms with Gasteiger partial charge in [-0.1, -0.05) is 13.0 Å². The molecule has 0 radical (unpaired) electrons. The summed E-state index contributed by atoms with van der Waals surface area (Å²) < 4.78 is 25.9. The zero-order valence-corrected chi connectivity index (χ0v) is 7.93. The largest absolute Gasteiger partial charge is 0.385 e. The van der Waals surface area contributed by atoms with Crippen molar-refractivity contribution >= 4 is 0 Å². The van der Waals surface area contributed by atoms with E-state index in [1.54, 1.807) is 0 Å². The molecule has 2 rings (SSSR count). The van der Waals surface area contributed by atoms with E-state index in [9.17, 15) is 13.9 Å². The maximum absolute atomic E-state index is 13.3. The summed E-state index contributed by atoms with van der Waals surface area (Å²) in [4.78, 5) is 0. The first-order chi connectivity index (χ1) is 6.51.